The van der Waals surface area contributed by atoms with Gasteiger partial charge >= 0.3 is 0 Å². The first-order valence-electron chi connectivity index (χ1n) is 4.27. The fraction of sp³-hybridized carbons (Fsp3) is 0.0833. The lowest BCUT2D eigenvalue weighted by molar-refractivity contribution is -0.116. The van der Waals surface area contributed by atoms with Gasteiger partial charge in [-0.15, -0.1) is 6.42 Å². The van der Waals surface area contributed by atoms with Crippen LogP contribution in [0.2, 0.25) is 0 Å². The van der Waals surface area contributed by atoms with Crippen LogP contribution in [-0.4, -0.2) is 12.5 Å². The van der Waals surface area contributed by atoms with Gasteiger partial charge in [-0.1, -0.05) is 36.3 Å². The molecule has 0 saturated heterocycles. The molecule has 1 aromatic carbocycles. The third kappa shape index (κ3) is 3.59. The number of hydrogen-bond acceptors (Lipinski definition) is 1. The minimum absolute atomic E-state index is 0.174. The smallest absolute Gasteiger partial charge is 0.244 e. The lowest BCUT2D eigenvalue weighted by atomic mass is 10.2. The second kappa shape index (κ2) is 5.60. The molecule has 0 aromatic heterocycles. The van der Waals surface area contributed by atoms with Crippen molar-refractivity contribution in [1.29, 1.82) is 0 Å². The first-order valence-corrected chi connectivity index (χ1v) is 4.27. The summed E-state index contributed by atoms with van der Waals surface area (Å²) in [5, 5.41) is 2.54. The molecular formula is C12H11NO. The number of carbonyl (C=O) groups is 1. The molecule has 1 amide bonds. The summed E-state index contributed by atoms with van der Waals surface area (Å²) >= 11 is 0. The molecule has 0 spiro atoms. The Kier molecular flexibility index (Phi) is 4.03. The summed E-state index contributed by atoms with van der Waals surface area (Å²) in [6.45, 7) is 0.262. The second-order valence-corrected chi connectivity index (χ2v) is 2.67. The average Bonchev–Trinajstić information content (AvgIpc) is 2.25. The molecule has 0 radical (unpaired) electrons. The summed E-state index contributed by atoms with van der Waals surface area (Å²) in [6.07, 6.45) is 8.20. The van der Waals surface area contributed by atoms with Crippen LogP contribution in [0.15, 0.2) is 36.4 Å². The molecule has 1 aromatic rings. The van der Waals surface area contributed by atoms with Crippen LogP contribution in [0.4, 0.5) is 0 Å². The monoisotopic (exact) mass is 185 g/mol. The van der Waals surface area contributed by atoms with Gasteiger partial charge in [-0.25, -0.2) is 0 Å². The van der Waals surface area contributed by atoms with Crippen molar-refractivity contribution in [3.8, 4) is 12.3 Å². The van der Waals surface area contributed by atoms with Crippen molar-refractivity contribution in [2.75, 3.05) is 6.54 Å². The number of amides is 1. The summed E-state index contributed by atoms with van der Waals surface area (Å²) in [7, 11) is 0. The number of nitrogens with one attached hydrogen (secondary N) is 1. The van der Waals surface area contributed by atoms with Gasteiger partial charge in [-0.3, -0.25) is 4.79 Å². The molecule has 0 fully saturated rings. The van der Waals surface area contributed by atoms with E-state index in [9.17, 15) is 4.79 Å². The minimum atomic E-state index is -0.174. The number of terminal acetylenes is 1. The zero-order valence-corrected chi connectivity index (χ0v) is 7.73. The lowest BCUT2D eigenvalue weighted by Crippen LogP contribution is -2.20. The topological polar surface area (TPSA) is 29.1 Å². The summed E-state index contributed by atoms with van der Waals surface area (Å²) in [5.74, 6) is 2.16. The average molecular weight is 185 g/mol. The third-order valence-corrected chi connectivity index (χ3v) is 1.59. The van der Waals surface area contributed by atoms with Gasteiger partial charge in [0.2, 0.25) is 5.91 Å². The Bertz CT molecular complexity index is 360. The predicted octanol–water partition coefficient (Wildman–Crippen LogP) is 1.45. The zero-order chi connectivity index (χ0) is 10.2. The fourth-order valence-electron chi connectivity index (χ4n) is 0.933. The van der Waals surface area contributed by atoms with Crippen molar-refractivity contribution in [3.63, 3.8) is 0 Å². The van der Waals surface area contributed by atoms with Crippen LogP contribution >= 0.6 is 0 Å². The van der Waals surface area contributed by atoms with Crippen molar-refractivity contribution in [3.05, 3.63) is 42.0 Å². The van der Waals surface area contributed by atoms with Gasteiger partial charge < -0.3 is 5.32 Å². The molecule has 0 saturated carbocycles. The largest absolute Gasteiger partial charge is 0.342 e. The summed E-state index contributed by atoms with van der Waals surface area (Å²) in [4.78, 5) is 11.1. The van der Waals surface area contributed by atoms with Crippen molar-refractivity contribution < 1.29 is 4.79 Å². The minimum Gasteiger partial charge on any atom is -0.342 e. The molecule has 14 heavy (non-hydrogen) atoms. The van der Waals surface area contributed by atoms with Crippen LogP contribution in [0.25, 0.3) is 6.08 Å². The van der Waals surface area contributed by atoms with Gasteiger partial charge in [-0.2, -0.15) is 0 Å². The van der Waals surface area contributed by atoms with Gasteiger partial charge in [0.1, 0.15) is 0 Å². The van der Waals surface area contributed by atoms with E-state index in [1.54, 1.807) is 6.08 Å². The van der Waals surface area contributed by atoms with E-state index in [0.717, 1.165) is 5.56 Å². The van der Waals surface area contributed by atoms with E-state index < -0.39 is 0 Å². The van der Waals surface area contributed by atoms with Crippen LogP contribution in [0.5, 0.6) is 0 Å². The molecule has 1 N–H and O–H groups in total. The second-order valence-electron chi connectivity index (χ2n) is 2.67. The van der Waals surface area contributed by atoms with Crippen molar-refractivity contribution >= 4 is 12.0 Å². The van der Waals surface area contributed by atoms with E-state index in [2.05, 4.69) is 11.2 Å². The molecule has 0 unspecified atom stereocenters. The number of rotatable bonds is 3. The highest BCUT2D eigenvalue weighted by atomic mass is 16.1. The first kappa shape index (κ1) is 10.1. The molecule has 0 atom stereocenters. The molecule has 1 rings (SSSR count). The maximum Gasteiger partial charge on any atom is 0.244 e. The van der Waals surface area contributed by atoms with Gasteiger partial charge in [-0.05, 0) is 11.6 Å². The van der Waals surface area contributed by atoms with E-state index in [4.69, 9.17) is 6.42 Å². The van der Waals surface area contributed by atoms with Crippen LogP contribution in [0, 0.1) is 12.3 Å². The van der Waals surface area contributed by atoms with Crippen molar-refractivity contribution in [1.82, 2.24) is 5.32 Å². The molecule has 0 aliphatic carbocycles. The lowest BCUT2D eigenvalue weighted by Gasteiger charge is -1.94. The third-order valence-electron chi connectivity index (χ3n) is 1.59. The van der Waals surface area contributed by atoms with Crippen LogP contribution in [0.3, 0.4) is 0 Å². The van der Waals surface area contributed by atoms with Crippen LogP contribution in [-0.2, 0) is 4.79 Å². The number of hydrogen-bond donors (Lipinski definition) is 1. The first-order chi connectivity index (χ1) is 6.83. The fourth-order valence-corrected chi connectivity index (χ4v) is 0.933. The molecule has 0 heterocycles. The standard InChI is InChI=1S/C12H11NO/c1-2-10-13-12(14)9-8-11-6-4-3-5-7-11/h1,3-9H,10H2,(H,13,14). The van der Waals surface area contributed by atoms with Crippen LogP contribution in [0.1, 0.15) is 5.56 Å². The van der Waals surface area contributed by atoms with Gasteiger partial charge in [0.05, 0.1) is 6.54 Å². The molecule has 0 bridgehead atoms. The highest BCUT2D eigenvalue weighted by Crippen LogP contribution is 2.00. The van der Waals surface area contributed by atoms with Crippen LogP contribution < -0.4 is 5.32 Å². The SMILES string of the molecule is C#CCNC(=O)C=Cc1ccccc1. The molecular weight excluding hydrogens is 174 g/mol. The Balaban J connectivity index is 2.49. The van der Waals surface area contributed by atoms with E-state index in [-0.39, 0.29) is 12.5 Å². The van der Waals surface area contributed by atoms with Gasteiger partial charge in [0, 0.05) is 6.08 Å². The van der Waals surface area contributed by atoms with E-state index >= 15 is 0 Å². The quantitative estimate of drug-likeness (QED) is 0.560. The summed E-state index contributed by atoms with van der Waals surface area (Å²) in [5.41, 5.74) is 0.989. The molecule has 0 aliphatic heterocycles. The van der Waals surface area contributed by atoms with E-state index in [1.807, 2.05) is 30.3 Å². The maximum atomic E-state index is 11.1. The Morgan fingerprint density at radius 3 is 2.79 bits per heavy atom. The zero-order valence-electron chi connectivity index (χ0n) is 7.73. The Hall–Kier alpha value is -2.01. The Morgan fingerprint density at radius 1 is 1.43 bits per heavy atom. The normalized spacial score (nSPS) is 9.64. The van der Waals surface area contributed by atoms with Crippen molar-refractivity contribution in [2.24, 2.45) is 0 Å². The molecule has 70 valence electrons. The van der Waals surface area contributed by atoms with Crippen molar-refractivity contribution in [2.45, 2.75) is 0 Å². The maximum absolute atomic E-state index is 11.1. The highest BCUT2D eigenvalue weighted by Gasteiger charge is 1.91. The molecule has 0 aliphatic rings. The summed E-state index contributed by atoms with van der Waals surface area (Å²) in [6, 6.07) is 9.60. The molecule has 2 heteroatoms. The van der Waals surface area contributed by atoms with Gasteiger partial charge in [0.15, 0.2) is 0 Å². The Morgan fingerprint density at radius 2 is 2.14 bits per heavy atom. The number of carbonyl (C=O) groups excluding carboxylic acids is 1. The van der Waals surface area contributed by atoms with E-state index in [0.29, 0.717) is 0 Å². The molecule has 2 nitrogen and oxygen atoms in total. The van der Waals surface area contributed by atoms with Gasteiger partial charge in [0.25, 0.3) is 0 Å². The predicted molar refractivity (Wildman–Crippen MR) is 57.3 cm³/mol. The highest BCUT2D eigenvalue weighted by molar-refractivity contribution is 5.91. The van der Waals surface area contributed by atoms with E-state index in [1.165, 1.54) is 6.08 Å². The number of benzene rings is 1. The Labute approximate surface area is 83.6 Å². The summed E-state index contributed by atoms with van der Waals surface area (Å²) < 4.78 is 0.